The van der Waals surface area contributed by atoms with E-state index in [1.165, 1.54) is 0 Å². The van der Waals surface area contributed by atoms with Crippen molar-refractivity contribution in [1.82, 2.24) is 29.9 Å². The number of halogens is 6. The van der Waals surface area contributed by atoms with Gasteiger partial charge in [-0.25, -0.2) is 0 Å². The number of ether oxygens (including phenoxy) is 3. The molecule has 0 spiro atoms. The standard InChI is InChI=1S/3C24H20BrClN2O/c3*1-2-13-29-23-8-5-18(25)14-20(23)21-15-22(16-3-6-19(26)7-4-16)28-24(21)17-9-11-27-12-10-17/h3*3-12,14-15,28H,2,13H2,1H3. The fourth-order valence-corrected chi connectivity index (χ4v) is 11.2. The molecule has 438 valence electrons. The third-order valence-electron chi connectivity index (χ3n) is 13.9. The highest BCUT2D eigenvalue weighted by Crippen LogP contribution is 2.45. The Morgan fingerprint density at radius 1 is 0.310 bits per heavy atom. The third kappa shape index (κ3) is 15.9. The van der Waals surface area contributed by atoms with Crippen molar-refractivity contribution in [3.8, 4) is 118 Å². The van der Waals surface area contributed by atoms with E-state index < -0.39 is 0 Å². The van der Waals surface area contributed by atoms with Gasteiger partial charge in [-0.05, 0) is 182 Å². The van der Waals surface area contributed by atoms with Crippen molar-refractivity contribution >= 4 is 82.6 Å². The van der Waals surface area contributed by atoms with Crippen LogP contribution in [0.25, 0.3) is 101 Å². The topological polar surface area (TPSA) is 114 Å². The number of benzene rings is 6. The summed E-state index contributed by atoms with van der Waals surface area (Å²) in [5.41, 5.74) is 18.9. The summed E-state index contributed by atoms with van der Waals surface area (Å²) in [6.07, 6.45) is 13.7. The van der Waals surface area contributed by atoms with Crippen LogP contribution in [-0.2, 0) is 0 Å². The Kier molecular flexibility index (Phi) is 21.7. The second kappa shape index (κ2) is 30.3. The second-order valence-corrected chi connectivity index (χ2v) is 24.2. The minimum atomic E-state index is 0.674. The predicted molar refractivity (Wildman–Crippen MR) is 370 cm³/mol. The normalized spacial score (nSPS) is 10.9. The van der Waals surface area contributed by atoms with Crippen LogP contribution < -0.4 is 14.2 Å². The SMILES string of the molecule is CCCOc1ccc(Br)cc1-c1cc(-c2ccc(Cl)cc2)[nH]c1-c1ccncc1.CCCOc1ccc(Br)cc1-c1cc(-c2ccc(Cl)cc2)[nH]c1-c1ccncc1.CCCOc1ccc(Br)cc1-c1cc(-c2ccc(Cl)cc2)[nH]c1-c1ccncc1. The molecule has 9 nitrogen and oxygen atoms in total. The van der Waals surface area contributed by atoms with Crippen LogP contribution in [-0.4, -0.2) is 49.7 Å². The van der Waals surface area contributed by atoms with Crippen LogP contribution in [0.3, 0.4) is 0 Å². The lowest BCUT2D eigenvalue weighted by molar-refractivity contribution is 0.318. The van der Waals surface area contributed by atoms with E-state index in [1.807, 2.05) is 146 Å². The minimum Gasteiger partial charge on any atom is -0.493 e. The molecule has 12 aromatic rings. The van der Waals surface area contributed by atoms with Crippen LogP contribution in [0.15, 0.2) is 233 Å². The Morgan fingerprint density at radius 3 is 0.805 bits per heavy atom. The highest BCUT2D eigenvalue weighted by Gasteiger charge is 2.21. The molecular weight excluding hydrogens is 1340 g/mol. The zero-order valence-electron chi connectivity index (χ0n) is 47.9. The largest absolute Gasteiger partial charge is 0.493 e. The molecule has 87 heavy (non-hydrogen) atoms. The number of H-pyrrole nitrogens is 3. The quantitative estimate of drug-likeness (QED) is 0.0789. The van der Waals surface area contributed by atoms with Gasteiger partial charge < -0.3 is 29.2 Å². The molecule has 0 saturated heterocycles. The van der Waals surface area contributed by atoms with Crippen molar-refractivity contribution in [3.05, 3.63) is 248 Å². The fraction of sp³-hybridized carbons (Fsp3) is 0.125. The lowest BCUT2D eigenvalue weighted by atomic mass is 10.0. The van der Waals surface area contributed by atoms with Crippen LogP contribution in [0.4, 0.5) is 0 Å². The molecule has 0 radical (unpaired) electrons. The average Bonchev–Trinajstić information content (AvgIpc) is 2.18. The van der Waals surface area contributed by atoms with Gasteiger partial charge in [-0.3, -0.25) is 15.0 Å². The molecule has 0 saturated carbocycles. The molecule has 0 aliphatic rings. The van der Waals surface area contributed by atoms with Gasteiger partial charge in [0, 0.05) is 133 Å². The van der Waals surface area contributed by atoms with Gasteiger partial charge in [-0.2, -0.15) is 0 Å². The number of pyridine rings is 3. The van der Waals surface area contributed by atoms with Gasteiger partial charge in [0.05, 0.1) is 36.9 Å². The summed E-state index contributed by atoms with van der Waals surface area (Å²) in [6, 6.07) is 60.4. The number of aromatic nitrogens is 6. The lowest BCUT2D eigenvalue weighted by Crippen LogP contribution is -1.97. The van der Waals surface area contributed by atoms with Crippen LogP contribution in [0.2, 0.25) is 15.1 Å². The smallest absolute Gasteiger partial charge is 0.127 e. The first-order chi connectivity index (χ1) is 42.5. The number of hydrogen-bond acceptors (Lipinski definition) is 6. The van der Waals surface area contributed by atoms with Crippen molar-refractivity contribution in [2.45, 2.75) is 40.0 Å². The summed E-state index contributed by atoms with van der Waals surface area (Å²) in [7, 11) is 0. The monoisotopic (exact) mass is 1400 g/mol. The summed E-state index contributed by atoms with van der Waals surface area (Å²) in [5, 5.41) is 2.16. The molecule has 0 aliphatic carbocycles. The van der Waals surface area contributed by atoms with Crippen molar-refractivity contribution in [2.24, 2.45) is 0 Å². The summed E-state index contributed by atoms with van der Waals surface area (Å²) in [4.78, 5) is 23.3. The fourth-order valence-electron chi connectivity index (χ4n) is 9.75. The molecule has 0 amide bonds. The predicted octanol–water partition coefficient (Wildman–Crippen LogP) is 22.8. The van der Waals surface area contributed by atoms with E-state index in [2.05, 4.69) is 135 Å². The zero-order valence-corrected chi connectivity index (χ0v) is 54.9. The molecule has 0 aliphatic heterocycles. The maximum absolute atomic E-state index is 6.08. The molecule has 15 heteroatoms. The summed E-state index contributed by atoms with van der Waals surface area (Å²) >= 11 is 29.1. The van der Waals surface area contributed by atoms with E-state index in [1.54, 1.807) is 37.2 Å². The van der Waals surface area contributed by atoms with Crippen molar-refractivity contribution in [2.75, 3.05) is 19.8 Å². The Labute approximate surface area is 547 Å². The third-order valence-corrected chi connectivity index (χ3v) is 16.1. The number of hydrogen-bond donors (Lipinski definition) is 3. The first kappa shape index (κ1) is 62.4. The number of nitrogens with one attached hydrogen (secondary N) is 3. The molecule has 6 heterocycles. The van der Waals surface area contributed by atoms with Gasteiger partial charge in [-0.1, -0.05) is 140 Å². The summed E-state index contributed by atoms with van der Waals surface area (Å²) in [6.45, 7) is 8.34. The Bertz CT molecular complexity index is 3750. The highest BCUT2D eigenvalue weighted by molar-refractivity contribution is 9.11. The summed E-state index contributed by atoms with van der Waals surface area (Å²) in [5.74, 6) is 2.60. The van der Waals surface area contributed by atoms with Gasteiger partial charge in [0.2, 0.25) is 0 Å². The molecule has 6 aromatic carbocycles. The van der Waals surface area contributed by atoms with E-state index in [4.69, 9.17) is 49.0 Å². The van der Waals surface area contributed by atoms with E-state index in [-0.39, 0.29) is 0 Å². The zero-order chi connectivity index (χ0) is 60.7. The van der Waals surface area contributed by atoms with Crippen LogP contribution in [0.5, 0.6) is 17.2 Å². The van der Waals surface area contributed by atoms with Crippen molar-refractivity contribution in [3.63, 3.8) is 0 Å². The Balaban J connectivity index is 0.000000144. The van der Waals surface area contributed by atoms with Crippen molar-refractivity contribution in [1.29, 1.82) is 0 Å². The van der Waals surface area contributed by atoms with Crippen LogP contribution in [0, 0.1) is 0 Å². The van der Waals surface area contributed by atoms with E-state index in [9.17, 15) is 0 Å². The van der Waals surface area contributed by atoms with Crippen LogP contribution >= 0.6 is 82.6 Å². The lowest BCUT2D eigenvalue weighted by Gasteiger charge is -2.12. The Hall–Kier alpha value is -7.68. The molecule has 12 rings (SSSR count). The first-order valence-electron chi connectivity index (χ1n) is 28.4. The molecule has 6 aromatic heterocycles. The van der Waals surface area contributed by atoms with Crippen LogP contribution in [0.1, 0.15) is 40.0 Å². The van der Waals surface area contributed by atoms with Crippen molar-refractivity contribution < 1.29 is 14.2 Å². The molecule has 3 N–H and O–H groups in total. The maximum Gasteiger partial charge on any atom is 0.127 e. The van der Waals surface area contributed by atoms with Gasteiger partial charge in [-0.15, -0.1) is 0 Å². The average molecular weight is 1400 g/mol. The minimum absolute atomic E-state index is 0.674. The van der Waals surface area contributed by atoms with E-state index in [0.717, 1.165) is 166 Å². The molecule has 0 fully saturated rings. The number of aromatic amines is 3. The van der Waals surface area contributed by atoms with Gasteiger partial charge >= 0.3 is 0 Å². The second-order valence-electron chi connectivity index (χ2n) is 20.1. The molecule has 0 unspecified atom stereocenters. The molecular formula is C72H60Br3Cl3N6O3. The summed E-state index contributed by atoms with van der Waals surface area (Å²) < 4.78 is 21.2. The number of nitrogens with zero attached hydrogens (tertiary/aromatic N) is 3. The van der Waals surface area contributed by atoms with Gasteiger partial charge in [0.15, 0.2) is 0 Å². The highest BCUT2D eigenvalue weighted by atomic mass is 79.9. The maximum atomic E-state index is 6.08. The molecule has 0 bridgehead atoms. The molecule has 0 atom stereocenters. The van der Waals surface area contributed by atoms with E-state index in [0.29, 0.717) is 19.8 Å². The van der Waals surface area contributed by atoms with E-state index >= 15 is 0 Å². The van der Waals surface area contributed by atoms with Gasteiger partial charge in [0.25, 0.3) is 0 Å². The Morgan fingerprint density at radius 2 is 0.563 bits per heavy atom. The van der Waals surface area contributed by atoms with Gasteiger partial charge in [0.1, 0.15) is 17.2 Å². The number of rotatable bonds is 18. The first-order valence-corrected chi connectivity index (χ1v) is 31.9.